The summed E-state index contributed by atoms with van der Waals surface area (Å²) in [5.74, 6) is 0.766. The van der Waals surface area contributed by atoms with Gasteiger partial charge in [-0.2, -0.15) is 0 Å². The third kappa shape index (κ3) is 8.71. The van der Waals surface area contributed by atoms with E-state index in [9.17, 15) is 9.59 Å². The van der Waals surface area contributed by atoms with Gasteiger partial charge in [0, 0.05) is 25.2 Å². The SMILES string of the molecule is CCCCCC(=O)C=C[C@H]1CCC(OC)=C1CC=CCCCC(=O)O. The quantitative estimate of drug-likeness (QED) is 0.282. The van der Waals surface area contributed by atoms with E-state index in [2.05, 4.69) is 13.0 Å². The average molecular weight is 348 g/mol. The van der Waals surface area contributed by atoms with Crippen molar-refractivity contribution in [3.63, 3.8) is 0 Å². The molecule has 0 spiro atoms. The second kappa shape index (κ2) is 12.5. The first-order valence-electron chi connectivity index (χ1n) is 9.42. The number of rotatable bonds is 13. The largest absolute Gasteiger partial charge is 0.501 e. The Morgan fingerprint density at radius 3 is 2.68 bits per heavy atom. The molecule has 1 atom stereocenters. The second-order valence-electron chi connectivity index (χ2n) is 6.54. The predicted octanol–water partition coefficient (Wildman–Crippen LogP) is 5.20. The van der Waals surface area contributed by atoms with Gasteiger partial charge in [0.1, 0.15) is 0 Å². The summed E-state index contributed by atoms with van der Waals surface area (Å²) in [7, 11) is 1.70. The van der Waals surface area contributed by atoms with Crippen molar-refractivity contribution in [3.8, 4) is 0 Å². The zero-order valence-electron chi connectivity index (χ0n) is 15.6. The number of aliphatic carboxylic acids is 1. The van der Waals surface area contributed by atoms with Gasteiger partial charge in [-0.15, -0.1) is 0 Å². The molecule has 0 aromatic rings. The van der Waals surface area contributed by atoms with Gasteiger partial charge in [-0.1, -0.05) is 38.0 Å². The van der Waals surface area contributed by atoms with Gasteiger partial charge in [0.2, 0.25) is 0 Å². The molecule has 0 unspecified atom stereocenters. The Balaban J connectivity index is 2.50. The Kier molecular flexibility index (Phi) is 10.6. The fraction of sp³-hybridized carbons (Fsp3) is 0.619. The second-order valence-corrected chi connectivity index (χ2v) is 6.54. The van der Waals surface area contributed by atoms with Gasteiger partial charge in [0.05, 0.1) is 12.9 Å². The van der Waals surface area contributed by atoms with Gasteiger partial charge in [-0.05, 0) is 43.8 Å². The van der Waals surface area contributed by atoms with Crippen LogP contribution >= 0.6 is 0 Å². The highest BCUT2D eigenvalue weighted by atomic mass is 16.5. The number of carbonyl (C=O) groups is 2. The lowest BCUT2D eigenvalue weighted by atomic mass is 9.97. The Labute approximate surface area is 151 Å². The number of ketones is 1. The minimum absolute atomic E-state index is 0.210. The minimum Gasteiger partial charge on any atom is -0.501 e. The lowest BCUT2D eigenvalue weighted by Gasteiger charge is -2.09. The summed E-state index contributed by atoms with van der Waals surface area (Å²) >= 11 is 0. The first-order chi connectivity index (χ1) is 12.1. The topological polar surface area (TPSA) is 63.6 Å². The molecule has 4 nitrogen and oxygen atoms in total. The smallest absolute Gasteiger partial charge is 0.303 e. The maximum absolute atomic E-state index is 11.9. The van der Waals surface area contributed by atoms with E-state index in [4.69, 9.17) is 9.84 Å². The van der Waals surface area contributed by atoms with Gasteiger partial charge >= 0.3 is 5.97 Å². The average Bonchev–Trinajstić information content (AvgIpc) is 2.98. The molecule has 0 radical (unpaired) electrons. The van der Waals surface area contributed by atoms with Gasteiger partial charge < -0.3 is 9.84 Å². The van der Waals surface area contributed by atoms with Crippen LogP contribution in [-0.4, -0.2) is 24.0 Å². The van der Waals surface area contributed by atoms with Crippen molar-refractivity contribution in [2.45, 2.75) is 71.1 Å². The van der Waals surface area contributed by atoms with Crippen molar-refractivity contribution in [3.05, 3.63) is 35.6 Å². The molecule has 25 heavy (non-hydrogen) atoms. The summed E-state index contributed by atoms with van der Waals surface area (Å²) in [6.07, 6.45) is 16.1. The van der Waals surface area contributed by atoms with E-state index < -0.39 is 5.97 Å². The fourth-order valence-corrected chi connectivity index (χ4v) is 3.09. The molecule has 0 heterocycles. The molecular weight excluding hydrogens is 316 g/mol. The molecule has 1 aliphatic rings. The predicted molar refractivity (Wildman–Crippen MR) is 100 cm³/mol. The molecule has 1 rings (SSSR count). The van der Waals surface area contributed by atoms with Crippen LogP contribution in [0.25, 0.3) is 0 Å². The van der Waals surface area contributed by atoms with Crippen LogP contribution in [0.4, 0.5) is 0 Å². The number of hydrogen-bond acceptors (Lipinski definition) is 3. The third-order valence-corrected chi connectivity index (χ3v) is 4.54. The zero-order valence-corrected chi connectivity index (χ0v) is 15.6. The molecular formula is C21H32O4. The van der Waals surface area contributed by atoms with Crippen molar-refractivity contribution in [2.75, 3.05) is 7.11 Å². The number of methoxy groups -OCH3 is 1. The van der Waals surface area contributed by atoms with Crippen LogP contribution in [-0.2, 0) is 14.3 Å². The number of hydrogen-bond donors (Lipinski definition) is 1. The molecule has 1 N–H and O–H groups in total. The molecule has 0 amide bonds. The highest BCUT2D eigenvalue weighted by Gasteiger charge is 2.23. The Bertz CT molecular complexity index is 514. The summed E-state index contributed by atoms with van der Waals surface area (Å²) in [6, 6.07) is 0. The van der Waals surface area contributed by atoms with Crippen LogP contribution in [0.2, 0.25) is 0 Å². The Morgan fingerprint density at radius 1 is 1.20 bits per heavy atom. The highest BCUT2D eigenvalue weighted by molar-refractivity contribution is 5.89. The van der Waals surface area contributed by atoms with Crippen molar-refractivity contribution >= 4 is 11.8 Å². The minimum atomic E-state index is -0.748. The third-order valence-electron chi connectivity index (χ3n) is 4.54. The van der Waals surface area contributed by atoms with E-state index in [0.717, 1.165) is 50.7 Å². The summed E-state index contributed by atoms with van der Waals surface area (Å²) in [5.41, 5.74) is 1.24. The number of carbonyl (C=O) groups excluding carboxylic acids is 1. The van der Waals surface area contributed by atoms with Crippen molar-refractivity contribution in [1.29, 1.82) is 0 Å². The molecule has 140 valence electrons. The fourth-order valence-electron chi connectivity index (χ4n) is 3.09. The van der Waals surface area contributed by atoms with Crippen LogP contribution in [0.15, 0.2) is 35.6 Å². The van der Waals surface area contributed by atoms with E-state index in [1.807, 2.05) is 12.2 Å². The van der Waals surface area contributed by atoms with Crippen LogP contribution in [0.3, 0.4) is 0 Å². The summed E-state index contributed by atoms with van der Waals surface area (Å²) in [4.78, 5) is 22.4. The number of carboxylic acid groups (broad SMARTS) is 1. The van der Waals surface area contributed by atoms with Gasteiger partial charge in [0.15, 0.2) is 5.78 Å². The van der Waals surface area contributed by atoms with Crippen molar-refractivity contribution < 1.29 is 19.4 Å². The van der Waals surface area contributed by atoms with E-state index in [0.29, 0.717) is 12.8 Å². The summed E-state index contributed by atoms with van der Waals surface area (Å²) in [6.45, 7) is 2.14. The van der Waals surface area contributed by atoms with Crippen LogP contribution in [0, 0.1) is 5.92 Å². The molecule has 0 bridgehead atoms. The molecule has 0 fully saturated rings. The molecule has 1 aliphatic carbocycles. The Morgan fingerprint density at radius 2 is 2.00 bits per heavy atom. The van der Waals surface area contributed by atoms with Crippen LogP contribution in [0.1, 0.15) is 71.1 Å². The summed E-state index contributed by atoms with van der Waals surface area (Å²) < 4.78 is 5.50. The van der Waals surface area contributed by atoms with Gasteiger partial charge in [-0.25, -0.2) is 0 Å². The van der Waals surface area contributed by atoms with Gasteiger partial charge in [0.25, 0.3) is 0 Å². The van der Waals surface area contributed by atoms with Gasteiger partial charge in [-0.3, -0.25) is 9.59 Å². The zero-order chi connectivity index (χ0) is 18.5. The monoisotopic (exact) mass is 348 g/mol. The standard InChI is InChI=1S/C21H32O4/c1-3-4-7-10-18(22)15-13-17-14-16-20(25-2)19(17)11-8-5-6-9-12-21(23)24/h5,8,13,15,17H,3-4,6-7,9-12,14,16H2,1-2H3,(H,23,24)/t17-/m0/s1. The Hall–Kier alpha value is -1.84. The number of unbranched alkanes of at least 4 members (excludes halogenated alkanes) is 3. The lowest BCUT2D eigenvalue weighted by molar-refractivity contribution is -0.137. The first-order valence-corrected chi connectivity index (χ1v) is 9.42. The van der Waals surface area contributed by atoms with Crippen molar-refractivity contribution in [1.82, 2.24) is 0 Å². The molecule has 0 saturated carbocycles. The van der Waals surface area contributed by atoms with Crippen LogP contribution < -0.4 is 0 Å². The maximum Gasteiger partial charge on any atom is 0.303 e. The first kappa shape index (κ1) is 21.2. The molecule has 0 saturated heterocycles. The number of allylic oxidation sites excluding steroid dienone is 6. The van der Waals surface area contributed by atoms with E-state index in [1.54, 1.807) is 13.2 Å². The molecule has 0 aromatic heterocycles. The molecule has 0 aromatic carbocycles. The highest BCUT2D eigenvalue weighted by Crippen LogP contribution is 2.35. The number of ether oxygens (including phenoxy) is 1. The van der Waals surface area contributed by atoms with E-state index in [-0.39, 0.29) is 18.1 Å². The van der Waals surface area contributed by atoms with E-state index >= 15 is 0 Å². The number of carboxylic acids is 1. The van der Waals surface area contributed by atoms with Crippen molar-refractivity contribution in [2.24, 2.45) is 5.92 Å². The summed E-state index contributed by atoms with van der Waals surface area (Å²) in [5, 5.41) is 8.63. The van der Waals surface area contributed by atoms with E-state index in [1.165, 1.54) is 5.57 Å². The normalized spacial score (nSPS) is 17.8. The lowest BCUT2D eigenvalue weighted by Crippen LogP contribution is -1.99. The molecule has 0 aliphatic heterocycles. The molecule has 4 heteroatoms. The maximum atomic E-state index is 11.9. The van der Waals surface area contributed by atoms with Crippen LogP contribution in [0.5, 0.6) is 0 Å².